The predicted molar refractivity (Wildman–Crippen MR) is 95.0 cm³/mol. The minimum absolute atomic E-state index is 0.772. The molecule has 0 radical (unpaired) electrons. The molecule has 1 aromatic carbocycles. The Balaban J connectivity index is 2.20. The topological polar surface area (TPSA) is 45.5 Å². The second-order valence-electron chi connectivity index (χ2n) is 4.62. The fraction of sp³-hybridized carbons (Fsp3) is 0.267. The van der Waals surface area contributed by atoms with Crippen molar-refractivity contribution in [3.05, 3.63) is 35.9 Å². The van der Waals surface area contributed by atoms with Gasteiger partial charge < -0.3 is 4.98 Å². The van der Waals surface area contributed by atoms with E-state index in [1.807, 2.05) is 18.6 Å². The number of thioether (sulfide) groups is 3. The van der Waals surface area contributed by atoms with E-state index in [-0.39, 0.29) is 0 Å². The van der Waals surface area contributed by atoms with Crippen molar-refractivity contribution in [1.29, 1.82) is 0 Å². The second kappa shape index (κ2) is 6.93. The number of aromatic nitrogens is 4. The molecule has 0 aliphatic rings. The van der Waals surface area contributed by atoms with Crippen molar-refractivity contribution in [1.82, 2.24) is 15.0 Å². The number of aromatic amines is 1. The van der Waals surface area contributed by atoms with E-state index in [1.165, 1.54) is 5.56 Å². The standard InChI is InChI=1S/C15H16N4S3/c1-20-13-11-12(17-14(16-11)21-2)19(15(18-13)22-3)9-10-7-5-4-6-8-10/h4-8H,9H2,1-3H3/p+1. The number of hydrogen-bond donors (Lipinski definition) is 1. The summed E-state index contributed by atoms with van der Waals surface area (Å²) in [4.78, 5) is 12.9. The van der Waals surface area contributed by atoms with Crippen LogP contribution in [0.5, 0.6) is 0 Å². The number of rotatable bonds is 5. The number of nitrogens with zero attached hydrogens (tertiary/aromatic N) is 3. The number of nitrogens with one attached hydrogen (secondary N) is 1. The molecular formula is C15H17N4S3+. The lowest BCUT2D eigenvalue weighted by atomic mass is 10.2. The molecule has 0 atom stereocenters. The fourth-order valence-corrected chi connectivity index (χ4v) is 3.81. The van der Waals surface area contributed by atoms with Gasteiger partial charge in [0.25, 0.3) is 10.8 Å². The molecule has 0 unspecified atom stereocenters. The molecule has 7 heteroatoms. The molecule has 22 heavy (non-hydrogen) atoms. The predicted octanol–water partition coefficient (Wildman–Crippen LogP) is 3.46. The van der Waals surface area contributed by atoms with Crippen molar-refractivity contribution < 1.29 is 4.57 Å². The van der Waals surface area contributed by atoms with E-state index in [4.69, 9.17) is 9.97 Å². The van der Waals surface area contributed by atoms with E-state index >= 15 is 0 Å². The summed E-state index contributed by atoms with van der Waals surface area (Å²) in [5.74, 6) is 0. The first kappa shape index (κ1) is 15.7. The Morgan fingerprint density at radius 1 is 1.00 bits per heavy atom. The van der Waals surface area contributed by atoms with E-state index in [9.17, 15) is 0 Å². The third-order valence-electron chi connectivity index (χ3n) is 3.31. The Morgan fingerprint density at radius 3 is 2.41 bits per heavy atom. The Morgan fingerprint density at radius 2 is 1.77 bits per heavy atom. The molecule has 3 rings (SSSR count). The van der Waals surface area contributed by atoms with Crippen LogP contribution in [0.2, 0.25) is 0 Å². The number of hydrogen-bond acceptors (Lipinski definition) is 5. The van der Waals surface area contributed by atoms with E-state index in [2.05, 4.69) is 40.1 Å². The van der Waals surface area contributed by atoms with Gasteiger partial charge in [0.15, 0.2) is 5.52 Å². The maximum Gasteiger partial charge on any atom is 0.300 e. The van der Waals surface area contributed by atoms with Crippen LogP contribution in [0.3, 0.4) is 0 Å². The van der Waals surface area contributed by atoms with Crippen LogP contribution in [0.25, 0.3) is 11.2 Å². The van der Waals surface area contributed by atoms with E-state index in [0.29, 0.717) is 0 Å². The number of fused-ring (bicyclic) bond motifs is 1. The van der Waals surface area contributed by atoms with Crippen molar-refractivity contribution >= 4 is 46.4 Å². The van der Waals surface area contributed by atoms with Crippen LogP contribution >= 0.6 is 35.3 Å². The van der Waals surface area contributed by atoms with Gasteiger partial charge in [-0.25, -0.2) is 4.57 Å². The zero-order valence-electron chi connectivity index (χ0n) is 12.7. The van der Waals surface area contributed by atoms with Crippen molar-refractivity contribution in [3.8, 4) is 0 Å². The zero-order chi connectivity index (χ0) is 15.5. The average molecular weight is 350 g/mol. The molecule has 0 aliphatic carbocycles. The summed E-state index contributed by atoms with van der Waals surface area (Å²) >= 11 is 4.92. The molecule has 0 saturated carbocycles. The SMILES string of the molecule is CSc1nc2c([nH]1)c(SC)nc(SC)[n+]2Cc1ccccc1. The molecule has 0 aliphatic heterocycles. The van der Waals surface area contributed by atoms with Crippen LogP contribution in [0.4, 0.5) is 0 Å². The lowest BCUT2D eigenvalue weighted by molar-refractivity contribution is -0.706. The van der Waals surface area contributed by atoms with Gasteiger partial charge >= 0.3 is 0 Å². The lowest BCUT2D eigenvalue weighted by Gasteiger charge is -2.06. The van der Waals surface area contributed by atoms with Crippen molar-refractivity contribution in [3.63, 3.8) is 0 Å². The maximum atomic E-state index is 4.79. The molecule has 3 aromatic rings. The Kier molecular flexibility index (Phi) is 4.95. The highest BCUT2D eigenvalue weighted by Gasteiger charge is 2.24. The molecule has 0 bridgehead atoms. The van der Waals surface area contributed by atoms with Crippen LogP contribution in [0.15, 0.2) is 45.7 Å². The van der Waals surface area contributed by atoms with Gasteiger partial charge in [0.2, 0.25) is 10.2 Å². The molecule has 2 aromatic heterocycles. The smallest absolute Gasteiger partial charge is 0.300 e. The monoisotopic (exact) mass is 349 g/mol. The first-order chi connectivity index (χ1) is 10.8. The van der Waals surface area contributed by atoms with Crippen molar-refractivity contribution in [2.75, 3.05) is 18.8 Å². The summed E-state index contributed by atoms with van der Waals surface area (Å²) in [6.45, 7) is 0.772. The summed E-state index contributed by atoms with van der Waals surface area (Å²) in [6, 6.07) is 10.4. The summed E-state index contributed by atoms with van der Waals surface area (Å²) in [7, 11) is 0. The zero-order valence-corrected chi connectivity index (χ0v) is 15.1. The molecule has 0 fully saturated rings. The normalized spacial score (nSPS) is 11.2. The van der Waals surface area contributed by atoms with Gasteiger partial charge in [-0.3, -0.25) is 0 Å². The van der Waals surface area contributed by atoms with Crippen molar-refractivity contribution in [2.24, 2.45) is 0 Å². The highest BCUT2D eigenvalue weighted by atomic mass is 32.2. The molecule has 0 spiro atoms. The Labute approximate surface area is 142 Å². The van der Waals surface area contributed by atoms with Crippen LogP contribution in [0, 0.1) is 0 Å². The van der Waals surface area contributed by atoms with E-state index < -0.39 is 0 Å². The largest absolute Gasteiger partial charge is 0.312 e. The lowest BCUT2D eigenvalue weighted by Crippen LogP contribution is -2.39. The first-order valence-electron chi connectivity index (χ1n) is 6.76. The van der Waals surface area contributed by atoms with Gasteiger partial charge in [-0.05, 0) is 24.3 Å². The molecule has 4 nitrogen and oxygen atoms in total. The summed E-state index contributed by atoms with van der Waals surface area (Å²) in [5, 5.41) is 2.91. The minimum atomic E-state index is 0.772. The highest BCUT2D eigenvalue weighted by molar-refractivity contribution is 7.99. The summed E-state index contributed by atoms with van der Waals surface area (Å²) < 4.78 is 2.19. The van der Waals surface area contributed by atoms with E-state index in [0.717, 1.165) is 33.0 Å². The first-order valence-corrected chi connectivity index (χ1v) is 10.4. The highest BCUT2D eigenvalue weighted by Crippen LogP contribution is 2.25. The summed E-state index contributed by atoms with van der Waals surface area (Å²) in [6.07, 6.45) is 6.13. The van der Waals surface area contributed by atoms with Crippen molar-refractivity contribution in [2.45, 2.75) is 21.9 Å². The van der Waals surface area contributed by atoms with Gasteiger partial charge in [-0.15, -0.1) is 0 Å². The van der Waals surface area contributed by atoms with E-state index in [1.54, 1.807) is 35.3 Å². The molecular weight excluding hydrogens is 332 g/mol. The van der Waals surface area contributed by atoms with Crippen LogP contribution in [0.1, 0.15) is 5.56 Å². The quantitative estimate of drug-likeness (QED) is 0.331. The van der Waals surface area contributed by atoms with Gasteiger partial charge in [0.1, 0.15) is 0 Å². The fourth-order valence-electron chi connectivity index (χ4n) is 2.29. The molecule has 1 N–H and O–H groups in total. The van der Waals surface area contributed by atoms with Crippen LogP contribution in [-0.4, -0.2) is 33.7 Å². The maximum absolute atomic E-state index is 4.79. The third-order valence-corrected chi connectivity index (χ3v) is 5.25. The van der Waals surface area contributed by atoms with Gasteiger partial charge in [0, 0.05) is 0 Å². The Hall–Kier alpha value is -1.18. The minimum Gasteiger partial charge on any atom is -0.312 e. The van der Waals surface area contributed by atoms with Gasteiger partial charge in [-0.1, -0.05) is 75.6 Å². The second-order valence-corrected chi connectivity index (χ2v) is 6.99. The molecule has 114 valence electrons. The van der Waals surface area contributed by atoms with Gasteiger partial charge in [0.05, 0.1) is 6.54 Å². The number of benzene rings is 1. The van der Waals surface area contributed by atoms with Gasteiger partial charge in [-0.2, -0.15) is 0 Å². The third kappa shape index (κ3) is 2.98. The number of H-pyrrole nitrogens is 1. The molecule has 0 saturated heterocycles. The van der Waals surface area contributed by atoms with Crippen LogP contribution in [-0.2, 0) is 6.54 Å². The Bertz CT molecular complexity index is 786. The molecule has 0 amide bonds. The summed E-state index contributed by atoms with van der Waals surface area (Å²) in [5.41, 5.74) is 3.24. The molecule has 2 heterocycles. The number of imidazole rings is 1. The average Bonchev–Trinajstić information content (AvgIpc) is 3.00. The van der Waals surface area contributed by atoms with Crippen LogP contribution < -0.4 is 4.57 Å².